The monoisotopic (exact) mass is 253 g/mol. The van der Waals surface area contributed by atoms with Crippen molar-refractivity contribution in [3.8, 4) is 6.01 Å². The Bertz CT molecular complexity index is 358. The van der Waals surface area contributed by atoms with Crippen LogP contribution in [0.15, 0.2) is 0 Å². The van der Waals surface area contributed by atoms with Crippen molar-refractivity contribution in [2.45, 2.75) is 46.6 Å². The molecule has 1 heterocycles. The van der Waals surface area contributed by atoms with Crippen molar-refractivity contribution in [2.24, 2.45) is 0 Å². The smallest absolute Gasteiger partial charge is 0.323 e. The highest BCUT2D eigenvalue weighted by Gasteiger charge is 2.08. The summed E-state index contributed by atoms with van der Waals surface area (Å²) in [5, 5.41) is 6.30. The van der Waals surface area contributed by atoms with Crippen molar-refractivity contribution in [3.05, 3.63) is 0 Å². The van der Waals surface area contributed by atoms with Gasteiger partial charge >= 0.3 is 6.01 Å². The fourth-order valence-corrected chi connectivity index (χ4v) is 1.24. The van der Waals surface area contributed by atoms with E-state index < -0.39 is 0 Å². The van der Waals surface area contributed by atoms with Gasteiger partial charge in [-0.25, -0.2) is 0 Å². The molecular formula is C12H23N5O. The molecule has 6 heteroatoms. The van der Waals surface area contributed by atoms with Crippen molar-refractivity contribution in [2.75, 3.05) is 23.8 Å². The zero-order valence-electron chi connectivity index (χ0n) is 11.7. The molecule has 2 N–H and O–H groups in total. The molecule has 1 unspecified atom stereocenters. The van der Waals surface area contributed by atoms with Crippen LogP contribution in [0.1, 0.15) is 40.5 Å². The van der Waals surface area contributed by atoms with E-state index in [0.29, 0.717) is 30.6 Å². The average Bonchev–Trinajstić information content (AvgIpc) is 2.36. The Labute approximate surface area is 109 Å². The van der Waals surface area contributed by atoms with Gasteiger partial charge in [0, 0.05) is 12.6 Å². The summed E-state index contributed by atoms with van der Waals surface area (Å²) < 4.78 is 5.46. The third kappa shape index (κ3) is 4.73. The highest BCUT2D eigenvalue weighted by Crippen LogP contribution is 2.12. The van der Waals surface area contributed by atoms with Crippen molar-refractivity contribution in [1.82, 2.24) is 15.0 Å². The molecule has 1 aromatic heterocycles. The van der Waals surface area contributed by atoms with Gasteiger partial charge in [0.15, 0.2) is 0 Å². The van der Waals surface area contributed by atoms with Gasteiger partial charge in [-0.3, -0.25) is 0 Å². The molecule has 0 fully saturated rings. The zero-order chi connectivity index (χ0) is 13.4. The predicted octanol–water partition coefficient (Wildman–Crippen LogP) is 2.30. The van der Waals surface area contributed by atoms with E-state index in [-0.39, 0.29) is 0 Å². The maximum atomic E-state index is 5.46. The van der Waals surface area contributed by atoms with Crippen LogP contribution < -0.4 is 15.4 Å². The fraction of sp³-hybridized carbons (Fsp3) is 0.750. The largest absolute Gasteiger partial charge is 0.463 e. The summed E-state index contributed by atoms with van der Waals surface area (Å²) in [4.78, 5) is 12.7. The van der Waals surface area contributed by atoms with E-state index in [0.717, 1.165) is 19.4 Å². The summed E-state index contributed by atoms with van der Waals surface area (Å²) in [7, 11) is 0. The second-order valence-corrected chi connectivity index (χ2v) is 4.10. The fourth-order valence-electron chi connectivity index (χ4n) is 1.24. The van der Waals surface area contributed by atoms with E-state index in [4.69, 9.17) is 4.74 Å². The molecule has 0 spiro atoms. The van der Waals surface area contributed by atoms with Crippen molar-refractivity contribution < 1.29 is 4.74 Å². The lowest BCUT2D eigenvalue weighted by atomic mass is 10.3. The Morgan fingerprint density at radius 2 is 1.83 bits per heavy atom. The first-order valence-corrected chi connectivity index (χ1v) is 6.58. The Hall–Kier alpha value is -1.59. The van der Waals surface area contributed by atoms with Gasteiger partial charge in [0.2, 0.25) is 11.9 Å². The lowest BCUT2D eigenvalue weighted by Gasteiger charge is -2.13. The molecule has 0 bridgehead atoms. The molecule has 0 aromatic carbocycles. The molecule has 0 aliphatic heterocycles. The first-order valence-electron chi connectivity index (χ1n) is 6.58. The van der Waals surface area contributed by atoms with Gasteiger partial charge in [-0.05, 0) is 26.7 Å². The molecule has 0 radical (unpaired) electrons. The van der Waals surface area contributed by atoms with E-state index in [1.54, 1.807) is 0 Å². The van der Waals surface area contributed by atoms with E-state index in [9.17, 15) is 0 Å². The van der Waals surface area contributed by atoms with E-state index in [1.165, 1.54) is 0 Å². The first-order chi connectivity index (χ1) is 8.69. The number of nitrogens with zero attached hydrogens (tertiary/aromatic N) is 3. The van der Waals surface area contributed by atoms with Crippen molar-refractivity contribution >= 4 is 11.9 Å². The number of nitrogens with one attached hydrogen (secondary N) is 2. The van der Waals surface area contributed by atoms with Crippen LogP contribution in [0, 0.1) is 0 Å². The van der Waals surface area contributed by atoms with Gasteiger partial charge in [-0.1, -0.05) is 13.8 Å². The average molecular weight is 253 g/mol. The Balaban J connectivity index is 2.83. The van der Waals surface area contributed by atoms with Crippen LogP contribution in [0.3, 0.4) is 0 Å². The molecule has 1 rings (SSSR count). The minimum Gasteiger partial charge on any atom is -0.463 e. The lowest BCUT2D eigenvalue weighted by molar-refractivity contribution is 0.292. The highest BCUT2D eigenvalue weighted by atomic mass is 16.5. The lowest BCUT2D eigenvalue weighted by Crippen LogP contribution is -2.17. The number of hydrogen-bond donors (Lipinski definition) is 2. The Morgan fingerprint density at radius 1 is 1.11 bits per heavy atom. The Kier molecular flexibility index (Phi) is 6.18. The first kappa shape index (κ1) is 14.5. The van der Waals surface area contributed by atoms with Crippen LogP contribution in [0.4, 0.5) is 11.9 Å². The minimum absolute atomic E-state index is 0.320. The van der Waals surface area contributed by atoms with E-state index in [2.05, 4.69) is 39.4 Å². The quantitative estimate of drug-likeness (QED) is 0.740. The van der Waals surface area contributed by atoms with Crippen LogP contribution in [0.25, 0.3) is 0 Å². The molecule has 102 valence electrons. The minimum atomic E-state index is 0.320. The van der Waals surface area contributed by atoms with Crippen LogP contribution in [0.2, 0.25) is 0 Å². The van der Waals surface area contributed by atoms with Gasteiger partial charge in [0.05, 0.1) is 6.61 Å². The molecule has 0 aliphatic carbocycles. The van der Waals surface area contributed by atoms with Crippen LogP contribution >= 0.6 is 0 Å². The summed E-state index contributed by atoms with van der Waals surface area (Å²) in [5.74, 6) is 1.10. The number of aromatic nitrogens is 3. The van der Waals surface area contributed by atoms with E-state index in [1.807, 2.05) is 13.8 Å². The summed E-state index contributed by atoms with van der Waals surface area (Å²) in [5.41, 5.74) is 0. The highest BCUT2D eigenvalue weighted by molar-refractivity contribution is 5.36. The predicted molar refractivity (Wildman–Crippen MR) is 73.2 cm³/mol. The standard InChI is InChI=1S/C12H23N5O/c1-5-8-18-12-16-10(13-7-3)15-11(17-12)14-9(4)6-2/h9H,5-8H2,1-4H3,(H2,13,14,15,16,17). The summed E-state index contributed by atoms with van der Waals surface area (Å²) in [6, 6.07) is 0.689. The molecule has 18 heavy (non-hydrogen) atoms. The van der Waals surface area contributed by atoms with Gasteiger partial charge in [0.1, 0.15) is 0 Å². The number of ether oxygens (including phenoxy) is 1. The maximum absolute atomic E-state index is 5.46. The molecule has 1 atom stereocenters. The number of anilines is 2. The Morgan fingerprint density at radius 3 is 2.44 bits per heavy atom. The van der Waals surface area contributed by atoms with Gasteiger partial charge < -0.3 is 15.4 Å². The van der Waals surface area contributed by atoms with E-state index >= 15 is 0 Å². The number of hydrogen-bond acceptors (Lipinski definition) is 6. The molecule has 1 aromatic rings. The second-order valence-electron chi connectivity index (χ2n) is 4.10. The third-order valence-corrected chi connectivity index (χ3v) is 2.37. The van der Waals surface area contributed by atoms with Crippen molar-refractivity contribution in [1.29, 1.82) is 0 Å². The van der Waals surface area contributed by atoms with Crippen LogP contribution in [-0.2, 0) is 0 Å². The molecule has 6 nitrogen and oxygen atoms in total. The van der Waals surface area contributed by atoms with Crippen LogP contribution in [-0.4, -0.2) is 34.1 Å². The molecule has 0 aliphatic rings. The SMILES string of the molecule is CCCOc1nc(NCC)nc(NC(C)CC)n1. The zero-order valence-corrected chi connectivity index (χ0v) is 11.7. The van der Waals surface area contributed by atoms with Gasteiger partial charge in [0.25, 0.3) is 0 Å². The van der Waals surface area contributed by atoms with Crippen molar-refractivity contribution in [3.63, 3.8) is 0 Å². The molecule has 0 saturated heterocycles. The summed E-state index contributed by atoms with van der Waals surface area (Å²) >= 11 is 0. The molecule has 0 amide bonds. The topological polar surface area (TPSA) is 72.0 Å². The van der Waals surface area contributed by atoms with Gasteiger partial charge in [-0.15, -0.1) is 0 Å². The molecular weight excluding hydrogens is 230 g/mol. The van der Waals surface area contributed by atoms with Gasteiger partial charge in [-0.2, -0.15) is 15.0 Å². The molecule has 0 saturated carbocycles. The summed E-state index contributed by atoms with van der Waals surface area (Å²) in [6.07, 6.45) is 1.93. The normalized spacial score (nSPS) is 12.0. The second kappa shape index (κ2) is 7.68. The summed E-state index contributed by atoms with van der Waals surface area (Å²) in [6.45, 7) is 9.61. The third-order valence-electron chi connectivity index (χ3n) is 2.37. The maximum Gasteiger partial charge on any atom is 0.323 e. The van der Waals surface area contributed by atoms with Crippen LogP contribution in [0.5, 0.6) is 6.01 Å². The number of rotatable bonds is 8.